The minimum Gasteiger partial charge on any atom is -0.493 e. The fourth-order valence-corrected chi connectivity index (χ4v) is 8.71. The molecule has 2 N–H and O–H groups in total. The van der Waals surface area contributed by atoms with Gasteiger partial charge < -0.3 is 44.1 Å². The highest BCUT2D eigenvalue weighted by Gasteiger charge is 2.31. The van der Waals surface area contributed by atoms with Gasteiger partial charge in [0.1, 0.15) is 36.2 Å². The van der Waals surface area contributed by atoms with Crippen molar-refractivity contribution in [2.24, 2.45) is 0 Å². The molecular formula is C50H54ClFN8O6. The van der Waals surface area contributed by atoms with Gasteiger partial charge in [-0.1, -0.05) is 23.6 Å². The number of hydrogen-bond donors (Lipinski definition) is 2. The van der Waals surface area contributed by atoms with Crippen LogP contribution in [-0.2, 0) is 4.74 Å². The van der Waals surface area contributed by atoms with E-state index in [1.165, 1.54) is 31.2 Å². The lowest BCUT2D eigenvalue weighted by Gasteiger charge is -2.38. The summed E-state index contributed by atoms with van der Waals surface area (Å²) in [4.78, 5) is 34.4. The minimum atomic E-state index is -0.484. The summed E-state index contributed by atoms with van der Waals surface area (Å²) in [6.07, 6.45) is 17.2. The molecule has 0 atom stereocenters. The van der Waals surface area contributed by atoms with Crippen LogP contribution in [0, 0.1) is 18.2 Å². The fourth-order valence-electron chi connectivity index (χ4n) is 8.53. The molecule has 0 radical (unpaired) electrons. The minimum absolute atomic E-state index is 0.00744. The van der Waals surface area contributed by atoms with Crippen molar-refractivity contribution in [3.63, 3.8) is 0 Å². The average Bonchev–Trinajstić information content (AvgIpc) is 3.35. The van der Waals surface area contributed by atoms with E-state index < -0.39 is 5.82 Å². The standard InChI is InChI=1S/C28H33ClFN5O3.C22H21N3O3/c1-34(28(36)35-12-4-3-5-13-35)19-7-9-20(10-8-19)38-26-15-21-24(16-25(26)37-2)31-17-32-27(21)33-18-6-11-23(30)22(29)14-18;1-3-15-5-4-6-16(11-15)25-22-18-12-21(28-17-7-9-27-10-8-17)20(26-2)13-19(18)23-14-24-22/h6,11,14-17,19-20H,3-5,7-10,12-13H2,1-2H3,(H,31,32,33);1,4-6,11-14,17H,7-10H2,2H3,(H,23,24,25)/t19-,20+;. The van der Waals surface area contributed by atoms with Gasteiger partial charge in [-0.15, -0.1) is 6.42 Å². The largest absolute Gasteiger partial charge is 0.493 e. The van der Waals surface area contributed by atoms with Gasteiger partial charge in [0.2, 0.25) is 0 Å². The number of fused-ring (bicyclic) bond motifs is 2. The highest BCUT2D eigenvalue weighted by Crippen LogP contribution is 2.39. The number of benzene rings is 4. The molecule has 16 heteroatoms. The lowest BCUT2D eigenvalue weighted by atomic mass is 9.92. The van der Waals surface area contributed by atoms with Crippen molar-refractivity contribution in [3.8, 4) is 35.3 Å². The van der Waals surface area contributed by atoms with Gasteiger partial charge >= 0.3 is 6.03 Å². The monoisotopic (exact) mass is 916 g/mol. The van der Waals surface area contributed by atoms with E-state index in [-0.39, 0.29) is 29.3 Å². The lowest BCUT2D eigenvalue weighted by Crippen LogP contribution is -2.49. The number of carbonyl (C=O) groups is 1. The Kier molecular flexibility index (Phi) is 15.0. The number of anilines is 4. The van der Waals surface area contributed by atoms with Crippen LogP contribution >= 0.6 is 11.6 Å². The van der Waals surface area contributed by atoms with Gasteiger partial charge in [-0.2, -0.15) is 0 Å². The van der Waals surface area contributed by atoms with Crippen molar-refractivity contribution < 1.29 is 32.9 Å². The highest BCUT2D eigenvalue weighted by molar-refractivity contribution is 6.31. The number of nitrogens with one attached hydrogen (secondary N) is 2. The Bertz CT molecular complexity index is 2680. The maximum atomic E-state index is 13.6. The predicted octanol–water partition coefficient (Wildman–Crippen LogP) is 10.3. The molecule has 66 heavy (non-hydrogen) atoms. The molecule has 1 aliphatic carbocycles. The Hall–Kier alpha value is -6.63. The zero-order chi connectivity index (χ0) is 46.0. The number of methoxy groups -OCH3 is 2. The van der Waals surface area contributed by atoms with Crippen LogP contribution in [0.15, 0.2) is 79.4 Å². The van der Waals surface area contributed by atoms with Crippen LogP contribution in [0.2, 0.25) is 5.02 Å². The van der Waals surface area contributed by atoms with Gasteiger partial charge in [-0.05, 0) is 93.5 Å². The summed E-state index contributed by atoms with van der Waals surface area (Å²) in [6, 6.07) is 19.9. The van der Waals surface area contributed by atoms with Crippen LogP contribution < -0.4 is 29.6 Å². The second-order valence-corrected chi connectivity index (χ2v) is 16.9. The summed E-state index contributed by atoms with van der Waals surface area (Å²) in [6.45, 7) is 3.14. The van der Waals surface area contributed by atoms with Gasteiger partial charge in [-0.3, -0.25) is 0 Å². The SMILES string of the molecule is C#Cc1cccc(Nc2ncnc3cc(OC)c(OC4CCOCC4)cc23)c1.COc1cc2ncnc(Nc3ccc(F)c(Cl)c3)c2cc1O[C@H]1CC[C@@H](N(C)C(=O)N2CCCCC2)CC1. The molecule has 2 saturated heterocycles. The predicted molar refractivity (Wildman–Crippen MR) is 254 cm³/mol. The van der Waals surface area contributed by atoms with Gasteiger partial charge in [0.25, 0.3) is 0 Å². The first-order valence-electron chi connectivity index (χ1n) is 22.3. The molecular weight excluding hydrogens is 863 g/mol. The van der Waals surface area contributed by atoms with E-state index >= 15 is 0 Å². The van der Waals surface area contributed by atoms with Crippen molar-refractivity contribution >= 4 is 62.4 Å². The fraction of sp³-hybridized carbons (Fsp3) is 0.380. The van der Waals surface area contributed by atoms with Crippen LogP contribution in [-0.4, -0.2) is 102 Å². The number of piperidine rings is 1. The highest BCUT2D eigenvalue weighted by atomic mass is 35.5. The van der Waals surface area contributed by atoms with E-state index in [0.29, 0.717) is 59.1 Å². The summed E-state index contributed by atoms with van der Waals surface area (Å²) in [5.41, 5.74) is 3.71. The molecule has 4 heterocycles. The number of halogens is 2. The molecule has 2 aliphatic heterocycles. The maximum absolute atomic E-state index is 13.6. The quantitative estimate of drug-likeness (QED) is 0.119. The third kappa shape index (κ3) is 11.1. The molecule has 0 spiro atoms. The van der Waals surface area contributed by atoms with E-state index in [1.807, 2.05) is 65.4 Å². The summed E-state index contributed by atoms with van der Waals surface area (Å²) in [5.74, 6) is 5.91. The summed E-state index contributed by atoms with van der Waals surface area (Å²) >= 11 is 5.95. The van der Waals surface area contributed by atoms with E-state index in [0.717, 1.165) is 92.0 Å². The van der Waals surface area contributed by atoms with E-state index in [1.54, 1.807) is 20.3 Å². The number of urea groups is 1. The van der Waals surface area contributed by atoms with E-state index in [9.17, 15) is 9.18 Å². The van der Waals surface area contributed by atoms with Crippen molar-refractivity contribution in [3.05, 3.63) is 95.8 Å². The van der Waals surface area contributed by atoms with E-state index in [2.05, 4.69) is 36.5 Å². The van der Waals surface area contributed by atoms with Crippen LogP contribution in [0.25, 0.3) is 21.8 Å². The summed E-state index contributed by atoms with van der Waals surface area (Å²) in [7, 11) is 5.16. The normalized spacial score (nSPS) is 17.5. The number of ether oxygens (including phenoxy) is 5. The van der Waals surface area contributed by atoms with E-state index in [4.69, 9.17) is 41.7 Å². The summed E-state index contributed by atoms with van der Waals surface area (Å²) < 4.78 is 42.8. The Morgan fingerprint density at radius 3 is 1.89 bits per heavy atom. The molecule has 0 bridgehead atoms. The first-order valence-corrected chi connectivity index (χ1v) is 22.7. The lowest BCUT2D eigenvalue weighted by molar-refractivity contribution is 0.0246. The second kappa shape index (κ2) is 21.6. The third-order valence-electron chi connectivity index (χ3n) is 12.2. The second-order valence-electron chi connectivity index (χ2n) is 16.5. The Morgan fingerprint density at radius 2 is 1.33 bits per heavy atom. The molecule has 3 aliphatic rings. The van der Waals surface area contributed by atoms with Crippen molar-refractivity contribution in [2.75, 3.05) is 58.2 Å². The number of nitrogens with zero attached hydrogens (tertiary/aromatic N) is 6. The molecule has 2 aromatic heterocycles. The number of hydrogen-bond acceptors (Lipinski definition) is 12. The van der Waals surface area contributed by atoms with Crippen molar-refractivity contribution in [1.82, 2.24) is 29.7 Å². The van der Waals surface area contributed by atoms with Crippen LogP contribution in [0.5, 0.6) is 23.0 Å². The smallest absolute Gasteiger partial charge is 0.319 e. The number of carbonyl (C=O) groups excluding carboxylic acids is 1. The van der Waals surface area contributed by atoms with Gasteiger partial charge in [0.15, 0.2) is 23.0 Å². The number of amides is 2. The first-order chi connectivity index (χ1) is 32.2. The van der Waals surface area contributed by atoms with Crippen LogP contribution in [0.4, 0.5) is 32.2 Å². The zero-order valence-corrected chi connectivity index (χ0v) is 38.2. The topological polar surface area (TPSA) is 145 Å². The molecule has 14 nitrogen and oxygen atoms in total. The number of rotatable bonds is 11. The number of terminal acetylenes is 1. The molecule has 2 amide bonds. The first kappa shape index (κ1) is 45.9. The maximum Gasteiger partial charge on any atom is 0.319 e. The Labute approximate surface area is 389 Å². The van der Waals surface area contributed by atoms with Gasteiger partial charge in [0, 0.05) is 78.9 Å². The summed E-state index contributed by atoms with van der Waals surface area (Å²) in [5, 5.41) is 8.14. The molecule has 6 aromatic rings. The molecule has 1 saturated carbocycles. The van der Waals surface area contributed by atoms with Gasteiger partial charge in [-0.25, -0.2) is 29.1 Å². The average molecular weight is 917 g/mol. The van der Waals surface area contributed by atoms with Gasteiger partial charge in [0.05, 0.1) is 49.6 Å². The Morgan fingerprint density at radius 1 is 0.758 bits per heavy atom. The number of likely N-dealkylation sites (tertiary alicyclic amines) is 1. The van der Waals surface area contributed by atoms with Crippen LogP contribution in [0.1, 0.15) is 63.4 Å². The molecule has 344 valence electrons. The van der Waals surface area contributed by atoms with Crippen molar-refractivity contribution in [2.45, 2.75) is 76.0 Å². The molecule has 4 aromatic carbocycles. The Balaban J connectivity index is 0.000000188. The molecule has 9 rings (SSSR count). The molecule has 3 fully saturated rings. The zero-order valence-electron chi connectivity index (χ0n) is 37.4. The number of aromatic nitrogens is 4. The third-order valence-corrected chi connectivity index (χ3v) is 12.5. The van der Waals surface area contributed by atoms with Crippen molar-refractivity contribution in [1.29, 1.82) is 0 Å². The van der Waals surface area contributed by atoms with Crippen LogP contribution in [0.3, 0.4) is 0 Å². The molecule has 0 unspecified atom stereocenters.